The zero-order valence-corrected chi connectivity index (χ0v) is 15.9. The van der Waals surface area contributed by atoms with Crippen LogP contribution in [-0.2, 0) is 20.9 Å². The van der Waals surface area contributed by atoms with Gasteiger partial charge in [-0.2, -0.15) is 0 Å². The number of nitrogens with zero attached hydrogens (tertiary/aromatic N) is 2. The Kier molecular flexibility index (Phi) is 4.97. The number of anilines is 1. The lowest BCUT2D eigenvalue weighted by atomic mass is 10.1. The summed E-state index contributed by atoms with van der Waals surface area (Å²) in [5.41, 5.74) is 1.81. The average Bonchev–Trinajstić information content (AvgIpc) is 3.21. The van der Waals surface area contributed by atoms with Crippen LogP contribution in [0.5, 0.6) is 0 Å². The Labute approximate surface area is 159 Å². The fraction of sp³-hybridized carbons (Fsp3) is 0.550. The molecule has 3 saturated heterocycles. The highest BCUT2D eigenvalue weighted by Gasteiger charge is 2.45. The molecule has 3 fully saturated rings. The molecule has 3 aliphatic heterocycles. The number of carbonyl (C=O) groups is 3. The van der Waals surface area contributed by atoms with E-state index in [-0.39, 0.29) is 23.8 Å². The van der Waals surface area contributed by atoms with Crippen molar-refractivity contribution in [2.24, 2.45) is 0 Å². The summed E-state index contributed by atoms with van der Waals surface area (Å²) in [6, 6.07) is 7.44. The molecular weight excluding hydrogens is 344 g/mol. The molecule has 0 bridgehead atoms. The predicted molar refractivity (Wildman–Crippen MR) is 99.3 cm³/mol. The van der Waals surface area contributed by atoms with Gasteiger partial charge in [0.15, 0.2) is 6.04 Å². The molecule has 144 valence electrons. The molecular formula is C20H28N4O3+2. The van der Waals surface area contributed by atoms with Gasteiger partial charge < -0.3 is 14.7 Å². The van der Waals surface area contributed by atoms with Crippen molar-refractivity contribution in [1.82, 2.24) is 4.90 Å². The van der Waals surface area contributed by atoms with E-state index in [1.54, 1.807) is 4.90 Å². The summed E-state index contributed by atoms with van der Waals surface area (Å²) in [4.78, 5) is 43.1. The Morgan fingerprint density at radius 2 is 1.70 bits per heavy atom. The molecule has 0 unspecified atom stereocenters. The van der Waals surface area contributed by atoms with Crippen molar-refractivity contribution in [3.63, 3.8) is 0 Å². The van der Waals surface area contributed by atoms with Crippen LogP contribution in [0.15, 0.2) is 24.3 Å². The Morgan fingerprint density at radius 1 is 1.00 bits per heavy atom. The lowest BCUT2D eigenvalue weighted by Crippen LogP contribution is -3.29. The minimum atomic E-state index is -0.216. The second kappa shape index (κ2) is 7.40. The number of nitrogens with one attached hydrogen (secondary N) is 2. The summed E-state index contributed by atoms with van der Waals surface area (Å²) in [6.07, 6.45) is 1.83. The summed E-state index contributed by atoms with van der Waals surface area (Å²) >= 11 is 0. The van der Waals surface area contributed by atoms with Gasteiger partial charge in [0.2, 0.25) is 11.8 Å². The van der Waals surface area contributed by atoms with Gasteiger partial charge in [-0.05, 0) is 24.1 Å². The minimum Gasteiger partial charge on any atom is -0.328 e. The fourth-order valence-electron chi connectivity index (χ4n) is 4.40. The second-order valence-corrected chi connectivity index (χ2v) is 8.01. The number of rotatable bonds is 4. The molecule has 7 heteroatoms. The van der Waals surface area contributed by atoms with E-state index in [0.717, 1.165) is 50.4 Å². The van der Waals surface area contributed by atoms with Crippen LogP contribution in [0.2, 0.25) is 0 Å². The van der Waals surface area contributed by atoms with Crippen molar-refractivity contribution in [2.75, 3.05) is 44.7 Å². The maximum atomic E-state index is 12.8. The second-order valence-electron chi connectivity index (χ2n) is 8.01. The first-order chi connectivity index (χ1) is 13.0. The normalized spacial score (nSPS) is 29.1. The van der Waals surface area contributed by atoms with Crippen LogP contribution >= 0.6 is 0 Å². The SMILES string of the molecule is C[NH+]1CC[NH+]([C@@H]2CC(=O)N(Cc3ccc(N4CCCC4=O)cc3)C2=O)CC1. The molecule has 1 atom stereocenters. The monoisotopic (exact) mass is 372 g/mol. The zero-order chi connectivity index (χ0) is 19.0. The summed E-state index contributed by atoms with van der Waals surface area (Å²) in [5, 5.41) is 0. The average molecular weight is 372 g/mol. The summed E-state index contributed by atoms with van der Waals surface area (Å²) in [5.74, 6) is 0.0587. The molecule has 7 nitrogen and oxygen atoms in total. The van der Waals surface area contributed by atoms with E-state index in [4.69, 9.17) is 0 Å². The van der Waals surface area contributed by atoms with Crippen LogP contribution in [-0.4, -0.2) is 68.4 Å². The maximum absolute atomic E-state index is 12.8. The van der Waals surface area contributed by atoms with Crippen LogP contribution in [0, 0.1) is 0 Å². The topological polar surface area (TPSA) is 66.6 Å². The lowest BCUT2D eigenvalue weighted by Gasteiger charge is -2.30. The van der Waals surface area contributed by atoms with Crippen molar-refractivity contribution in [3.05, 3.63) is 29.8 Å². The van der Waals surface area contributed by atoms with Gasteiger partial charge in [-0.15, -0.1) is 0 Å². The van der Waals surface area contributed by atoms with E-state index in [1.165, 1.54) is 14.7 Å². The van der Waals surface area contributed by atoms with Crippen molar-refractivity contribution >= 4 is 23.4 Å². The number of imide groups is 1. The van der Waals surface area contributed by atoms with Crippen molar-refractivity contribution in [1.29, 1.82) is 0 Å². The van der Waals surface area contributed by atoms with E-state index >= 15 is 0 Å². The number of hydrogen-bond donors (Lipinski definition) is 2. The quantitative estimate of drug-likeness (QED) is 0.593. The van der Waals surface area contributed by atoms with E-state index < -0.39 is 0 Å². The predicted octanol–water partition coefficient (Wildman–Crippen LogP) is -2.15. The Balaban J connectivity index is 1.41. The molecule has 3 aliphatic rings. The number of likely N-dealkylation sites (N-methyl/N-ethyl adjacent to an activating group) is 1. The number of likely N-dealkylation sites (tertiary alicyclic amines) is 1. The molecule has 3 heterocycles. The van der Waals surface area contributed by atoms with Gasteiger partial charge in [0.05, 0.1) is 20.0 Å². The van der Waals surface area contributed by atoms with E-state index in [0.29, 0.717) is 19.4 Å². The van der Waals surface area contributed by atoms with Gasteiger partial charge in [0.1, 0.15) is 26.2 Å². The first kappa shape index (κ1) is 18.1. The van der Waals surface area contributed by atoms with Gasteiger partial charge in [0, 0.05) is 18.7 Å². The first-order valence-corrected chi connectivity index (χ1v) is 9.92. The highest BCUT2D eigenvalue weighted by Crippen LogP contribution is 2.23. The third-order valence-electron chi connectivity index (χ3n) is 6.14. The molecule has 0 aliphatic carbocycles. The number of benzene rings is 1. The van der Waals surface area contributed by atoms with E-state index in [1.807, 2.05) is 24.3 Å². The zero-order valence-electron chi connectivity index (χ0n) is 15.9. The standard InChI is InChI=1S/C20H26N4O3/c1-21-9-11-22(12-10-21)17-13-19(26)24(20(17)27)14-15-4-6-16(7-5-15)23-8-2-3-18(23)25/h4-7,17H,2-3,8-14H2,1H3/p+2/t17-/m1/s1. The van der Waals surface area contributed by atoms with Crippen molar-refractivity contribution in [3.8, 4) is 0 Å². The molecule has 0 aromatic heterocycles. The molecule has 1 aromatic rings. The third-order valence-corrected chi connectivity index (χ3v) is 6.14. The summed E-state index contributed by atoms with van der Waals surface area (Å²) in [7, 11) is 2.17. The highest BCUT2D eigenvalue weighted by molar-refractivity contribution is 6.04. The summed E-state index contributed by atoms with van der Waals surface area (Å²) in [6.45, 7) is 5.07. The minimum absolute atomic E-state index is 0.0339. The molecule has 0 radical (unpaired) electrons. The van der Waals surface area contributed by atoms with Gasteiger partial charge in [-0.1, -0.05) is 12.1 Å². The van der Waals surface area contributed by atoms with Crippen molar-refractivity contribution in [2.45, 2.75) is 31.8 Å². The number of carbonyl (C=O) groups excluding carboxylic acids is 3. The van der Waals surface area contributed by atoms with Crippen LogP contribution in [0.25, 0.3) is 0 Å². The fourth-order valence-corrected chi connectivity index (χ4v) is 4.40. The van der Waals surface area contributed by atoms with E-state index in [9.17, 15) is 14.4 Å². The van der Waals surface area contributed by atoms with Crippen LogP contribution in [0.4, 0.5) is 5.69 Å². The Bertz CT molecular complexity index is 740. The van der Waals surface area contributed by atoms with Gasteiger partial charge in [0.25, 0.3) is 5.91 Å². The molecule has 1 aromatic carbocycles. The Hall–Kier alpha value is -2.25. The number of piperazine rings is 1. The molecule has 27 heavy (non-hydrogen) atoms. The molecule has 0 saturated carbocycles. The highest BCUT2D eigenvalue weighted by atomic mass is 16.2. The molecule has 0 spiro atoms. The van der Waals surface area contributed by atoms with Gasteiger partial charge in [-0.3, -0.25) is 19.3 Å². The van der Waals surface area contributed by atoms with Gasteiger partial charge >= 0.3 is 0 Å². The van der Waals surface area contributed by atoms with Crippen LogP contribution < -0.4 is 14.7 Å². The molecule has 4 rings (SSSR count). The number of hydrogen-bond acceptors (Lipinski definition) is 3. The number of quaternary nitrogens is 2. The smallest absolute Gasteiger partial charge is 0.288 e. The first-order valence-electron chi connectivity index (χ1n) is 9.92. The van der Waals surface area contributed by atoms with Crippen molar-refractivity contribution < 1.29 is 24.2 Å². The number of amides is 3. The largest absolute Gasteiger partial charge is 0.328 e. The molecule has 3 amide bonds. The maximum Gasteiger partial charge on any atom is 0.288 e. The van der Waals surface area contributed by atoms with Crippen LogP contribution in [0.1, 0.15) is 24.8 Å². The Morgan fingerprint density at radius 3 is 2.33 bits per heavy atom. The molecule has 2 N–H and O–H groups in total. The van der Waals surface area contributed by atoms with Crippen LogP contribution in [0.3, 0.4) is 0 Å². The summed E-state index contributed by atoms with van der Waals surface area (Å²) < 4.78 is 0. The third kappa shape index (κ3) is 3.61. The van der Waals surface area contributed by atoms with Gasteiger partial charge in [-0.25, -0.2) is 0 Å². The lowest BCUT2D eigenvalue weighted by molar-refractivity contribution is -1.01. The van der Waals surface area contributed by atoms with E-state index in [2.05, 4.69) is 7.05 Å².